The molecule has 0 heterocycles. The van der Waals surface area contributed by atoms with Crippen LogP contribution in [0, 0.1) is 11.8 Å². The summed E-state index contributed by atoms with van der Waals surface area (Å²) in [6.07, 6.45) is 5.16. The number of nitrogens with two attached hydrogens (primary N) is 1. The van der Waals surface area contributed by atoms with Crippen molar-refractivity contribution in [1.82, 2.24) is 4.90 Å². The molecule has 0 bridgehead atoms. The first kappa shape index (κ1) is 15.0. The summed E-state index contributed by atoms with van der Waals surface area (Å²) in [5.41, 5.74) is 6.53. The Hall–Kier alpha value is -0.0800. The minimum absolute atomic E-state index is 0.0253. The first-order chi connectivity index (χ1) is 7.90. The van der Waals surface area contributed by atoms with Gasteiger partial charge in [0, 0.05) is 24.7 Å². The zero-order chi connectivity index (χ0) is 13.1. The summed E-state index contributed by atoms with van der Waals surface area (Å²) >= 11 is 0. The summed E-state index contributed by atoms with van der Waals surface area (Å²) in [5, 5.41) is 0. The van der Waals surface area contributed by atoms with Crippen molar-refractivity contribution < 1.29 is 0 Å². The molecule has 0 radical (unpaired) electrons. The van der Waals surface area contributed by atoms with Crippen LogP contribution in [0.5, 0.6) is 0 Å². The fraction of sp³-hybridized carbons (Fsp3) is 1.00. The van der Waals surface area contributed by atoms with Gasteiger partial charge in [-0.1, -0.05) is 27.7 Å². The van der Waals surface area contributed by atoms with Gasteiger partial charge in [0.15, 0.2) is 0 Å². The number of hydrogen-bond acceptors (Lipinski definition) is 2. The van der Waals surface area contributed by atoms with Gasteiger partial charge in [0.05, 0.1) is 0 Å². The van der Waals surface area contributed by atoms with Gasteiger partial charge in [-0.15, -0.1) is 0 Å². The second-order valence-corrected chi connectivity index (χ2v) is 6.57. The van der Waals surface area contributed by atoms with E-state index >= 15 is 0 Å². The minimum atomic E-state index is 0.0253. The van der Waals surface area contributed by atoms with Gasteiger partial charge in [0.25, 0.3) is 0 Å². The Balaban J connectivity index is 2.61. The number of nitrogens with zero attached hydrogens (tertiary/aromatic N) is 1. The molecule has 1 atom stereocenters. The van der Waals surface area contributed by atoms with E-state index in [0.717, 1.165) is 18.4 Å². The van der Waals surface area contributed by atoms with Crippen LogP contribution < -0.4 is 5.73 Å². The lowest BCUT2D eigenvalue weighted by molar-refractivity contribution is 0.125. The maximum atomic E-state index is 6.50. The topological polar surface area (TPSA) is 29.3 Å². The van der Waals surface area contributed by atoms with E-state index in [1.54, 1.807) is 0 Å². The van der Waals surface area contributed by atoms with Gasteiger partial charge in [-0.3, -0.25) is 4.90 Å². The number of hydrogen-bond donors (Lipinski definition) is 1. The largest absolute Gasteiger partial charge is 0.324 e. The molecule has 17 heavy (non-hydrogen) atoms. The highest BCUT2D eigenvalue weighted by Gasteiger charge is 2.40. The lowest BCUT2D eigenvalue weighted by Crippen LogP contribution is -2.53. The average Bonchev–Trinajstić information content (AvgIpc) is 3.00. The Morgan fingerprint density at radius 2 is 1.76 bits per heavy atom. The van der Waals surface area contributed by atoms with Crippen molar-refractivity contribution in [3.05, 3.63) is 0 Å². The third kappa shape index (κ3) is 4.59. The van der Waals surface area contributed by atoms with E-state index in [1.165, 1.54) is 32.2 Å². The zero-order valence-corrected chi connectivity index (χ0v) is 12.5. The van der Waals surface area contributed by atoms with E-state index in [4.69, 9.17) is 5.73 Å². The van der Waals surface area contributed by atoms with Crippen LogP contribution in [0.2, 0.25) is 0 Å². The SMILES string of the molecule is CCC(CC)N(CC(C)C)CC(C)(N)C1CC1. The van der Waals surface area contributed by atoms with Crippen LogP contribution in [-0.2, 0) is 0 Å². The lowest BCUT2D eigenvalue weighted by atomic mass is 9.94. The van der Waals surface area contributed by atoms with Crippen molar-refractivity contribution in [2.24, 2.45) is 17.6 Å². The second-order valence-electron chi connectivity index (χ2n) is 6.57. The Morgan fingerprint density at radius 3 is 2.12 bits per heavy atom. The Kier molecular flexibility index (Phi) is 5.46. The lowest BCUT2D eigenvalue weighted by Gasteiger charge is -2.38. The molecule has 0 aromatic rings. The van der Waals surface area contributed by atoms with Gasteiger partial charge in [0.1, 0.15) is 0 Å². The average molecular weight is 240 g/mol. The van der Waals surface area contributed by atoms with Gasteiger partial charge in [-0.2, -0.15) is 0 Å². The molecular weight excluding hydrogens is 208 g/mol. The van der Waals surface area contributed by atoms with Crippen molar-refractivity contribution in [2.75, 3.05) is 13.1 Å². The van der Waals surface area contributed by atoms with Crippen LogP contribution in [0.25, 0.3) is 0 Å². The molecular formula is C15H32N2. The van der Waals surface area contributed by atoms with Crippen molar-refractivity contribution in [1.29, 1.82) is 0 Å². The summed E-state index contributed by atoms with van der Waals surface area (Å²) in [5.74, 6) is 1.50. The van der Waals surface area contributed by atoms with Crippen molar-refractivity contribution in [2.45, 2.75) is 71.9 Å². The molecule has 2 heteroatoms. The van der Waals surface area contributed by atoms with Crippen molar-refractivity contribution in [3.8, 4) is 0 Å². The highest BCUT2D eigenvalue weighted by Crippen LogP contribution is 2.38. The van der Waals surface area contributed by atoms with Crippen LogP contribution in [0.3, 0.4) is 0 Å². The molecule has 1 aliphatic rings. The molecule has 1 saturated carbocycles. The zero-order valence-electron chi connectivity index (χ0n) is 12.5. The molecule has 0 amide bonds. The molecule has 0 saturated heterocycles. The third-order valence-corrected chi connectivity index (χ3v) is 4.11. The van der Waals surface area contributed by atoms with Gasteiger partial charge >= 0.3 is 0 Å². The summed E-state index contributed by atoms with van der Waals surface area (Å²) < 4.78 is 0. The Labute approximate surface area is 108 Å². The molecule has 0 spiro atoms. The van der Waals surface area contributed by atoms with Crippen molar-refractivity contribution in [3.63, 3.8) is 0 Å². The minimum Gasteiger partial charge on any atom is -0.324 e. The van der Waals surface area contributed by atoms with Gasteiger partial charge < -0.3 is 5.73 Å². The molecule has 0 aliphatic heterocycles. The maximum Gasteiger partial charge on any atom is 0.0283 e. The van der Waals surface area contributed by atoms with E-state index < -0.39 is 0 Å². The molecule has 0 aromatic carbocycles. The van der Waals surface area contributed by atoms with Crippen LogP contribution >= 0.6 is 0 Å². The Bertz CT molecular complexity index is 215. The highest BCUT2D eigenvalue weighted by atomic mass is 15.2. The van der Waals surface area contributed by atoms with E-state index in [1.807, 2.05) is 0 Å². The molecule has 2 N–H and O–H groups in total. The van der Waals surface area contributed by atoms with Crippen LogP contribution in [0.15, 0.2) is 0 Å². The first-order valence-corrected chi connectivity index (χ1v) is 7.43. The summed E-state index contributed by atoms with van der Waals surface area (Å²) in [7, 11) is 0. The molecule has 102 valence electrons. The van der Waals surface area contributed by atoms with Crippen LogP contribution in [0.1, 0.15) is 60.3 Å². The predicted molar refractivity (Wildman–Crippen MR) is 76.1 cm³/mol. The molecule has 1 aliphatic carbocycles. The van der Waals surface area contributed by atoms with Crippen LogP contribution in [-0.4, -0.2) is 29.6 Å². The van der Waals surface area contributed by atoms with Gasteiger partial charge in [-0.25, -0.2) is 0 Å². The second kappa shape index (κ2) is 6.19. The number of rotatable bonds is 8. The summed E-state index contributed by atoms with van der Waals surface area (Å²) in [4.78, 5) is 2.64. The normalized spacial score (nSPS) is 20.3. The predicted octanol–water partition coefficient (Wildman–Crippen LogP) is 3.26. The van der Waals surface area contributed by atoms with Crippen LogP contribution in [0.4, 0.5) is 0 Å². The Morgan fingerprint density at radius 1 is 1.24 bits per heavy atom. The third-order valence-electron chi connectivity index (χ3n) is 4.11. The first-order valence-electron chi connectivity index (χ1n) is 7.43. The summed E-state index contributed by atoms with van der Waals surface area (Å²) in [6, 6.07) is 0.707. The monoisotopic (exact) mass is 240 g/mol. The molecule has 2 nitrogen and oxygen atoms in total. The fourth-order valence-corrected chi connectivity index (χ4v) is 2.93. The van der Waals surface area contributed by atoms with E-state index in [9.17, 15) is 0 Å². The van der Waals surface area contributed by atoms with E-state index in [-0.39, 0.29) is 5.54 Å². The standard InChI is InChI=1S/C15H32N2/c1-6-14(7-2)17(10-12(3)4)11-15(5,16)13-8-9-13/h12-14H,6-11,16H2,1-5H3. The quantitative estimate of drug-likeness (QED) is 0.705. The van der Waals surface area contributed by atoms with E-state index in [0.29, 0.717) is 6.04 Å². The van der Waals surface area contributed by atoms with Crippen molar-refractivity contribution >= 4 is 0 Å². The smallest absolute Gasteiger partial charge is 0.0283 e. The van der Waals surface area contributed by atoms with Gasteiger partial charge in [0.2, 0.25) is 0 Å². The molecule has 0 aromatic heterocycles. The maximum absolute atomic E-state index is 6.50. The molecule has 1 rings (SSSR count). The molecule has 1 unspecified atom stereocenters. The fourth-order valence-electron chi connectivity index (χ4n) is 2.93. The highest BCUT2D eigenvalue weighted by molar-refractivity contribution is 4.98. The van der Waals surface area contributed by atoms with Gasteiger partial charge in [-0.05, 0) is 44.4 Å². The molecule has 1 fully saturated rings. The summed E-state index contributed by atoms with van der Waals surface area (Å²) in [6.45, 7) is 13.7. The van der Waals surface area contributed by atoms with E-state index in [2.05, 4.69) is 39.5 Å².